The van der Waals surface area contributed by atoms with E-state index in [0.717, 1.165) is 15.2 Å². The highest BCUT2D eigenvalue weighted by molar-refractivity contribution is 9.10. The van der Waals surface area contributed by atoms with Crippen LogP contribution in [0.3, 0.4) is 0 Å². The van der Waals surface area contributed by atoms with Gasteiger partial charge in [-0.25, -0.2) is 9.59 Å². The van der Waals surface area contributed by atoms with Crippen LogP contribution in [0.1, 0.15) is 15.9 Å². The summed E-state index contributed by atoms with van der Waals surface area (Å²) in [7, 11) is 0. The number of ether oxygens (including phenoxy) is 1. The van der Waals surface area contributed by atoms with E-state index in [2.05, 4.69) is 15.9 Å². The number of carbonyl (C=O) groups excluding carboxylic acids is 1. The number of halogens is 1. The van der Waals surface area contributed by atoms with E-state index >= 15 is 0 Å². The highest BCUT2D eigenvalue weighted by atomic mass is 79.9. The molecule has 0 aliphatic carbocycles. The molecule has 0 aliphatic heterocycles. The lowest BCUT2D eigenvalue weighted by molar-refractivity contribution is 0.0731. The van der Waals surface area contributed by atoms with Crippen LogP contribution in [0.5, 0.6) is 5.75 Å². The van der Waals surface area contributed by atoms with E-state index in [0.29, 0.717) is 22.3 Å². The van der Waals surface area contributed by atoms with Crippen molar-refractivity contribution in [3.05, 3.63) is 86.7 Å². The van der Waals surface area contributed by atoms with Crippen LogP contribution in [0.4, 0.5) is 0 Å². The molecule has 6 nitrogen and oxygen atoms in total. The van der Waals surface area contributed by atoms with Crippen LogP contribution in [0.15, 0.2) is 74.3 Å². The van der Waals surface area contributed by atoms with Gasteiger partial charge in [0, 0.05) is 15.4 Å². The highest BCUT2D eigenvalue weighted by Crippen LogP contribution is 2.24. The number of benzene rings is 3. The Labute approximate surface area is 167 Å². The number of nitrogen functional groups attached to an aromatic ring is 1. The fourth-order valence-electron chi connectivity index (χ4n) is 2.85. The third-order valence-electron chi connectivity index (χ3n) is 4.25. The summed E-state index contributed by atoms with van der Waals surface area (Å²) in [5, 5.41) is 9.77. The van der Waals surface area contributed by atoms with Crippen LogP contribution in [-0.4, -0.2) is 11.8 Å². The number of nitrogens with one attached hydrogen (secondary N) is 1. The predicted molar refractivity (Wildman–Crippen MR) is 110 cm³/mol. The topological polar surface area (TPSA) is 106 Å². The van der Waals surface area contributed by atoms with Crippen molar-refractivity contribution in [3.63, 3.8) is 0 Å². The number of fused-ring (bicyclic) bond motifs is 2. The molecule has 28 heavy (non-hydrogen) atoms. The quantitative estimate of drug-likeness (QED) is 0.164. The maximum Gasteiger partial charge on any atom is 0.351 e. The summed E-state index contributed by atoms with van der Waals surface area (Å²) < 4.78 is 11.4. The Morgan fingerprint density at radius 2 is 1.71 bits per heavy atom. The number of nitrogens with two attached hydrogens (primary N) is 1. The third-order valence-corrected chi connectivity index (χ3v) is 4.74. The zero-order valence-electron chi connectivity index (χ0n) is 14.4. The molecule has 0 amide bonds. The standard InChI is InChI=1S/C21H13BrN2O4/c22-15-4-6-18-14(8-15)10-17(21(26)28-18)20(25)27-16-5-3-11-7-13(19(23)24)2-1-12(11)9-16/h1-10H,(H3,23,24). The first-order valence-corrected chi connectivity index (χ1v) is 9.04. The van der Waals surface area contributed by atoms with Crippen molar-refractivity contribution in [2.75, 3.05) is 0 Å². The molecular weight excluding hydrogens is 424 g/mol. The molecule has 0 bridgehead atoms. The smallest absolute Gasteiger partial charge is 0.351 e. The van der Waals surface area contributed by atoms with Gasteiger partial charge in [0.25, 0.3) is 0 Å². The summed E-state index contributed by atoms with van der Waals surface area (Å²) in [5.74, 6) is -0.524. The fourth-order valence-corrected chi connectivity index (χ4v) is 3.23. The van der Waals surface area contributed by atoms with Crippen LogP contribution in [-0.2, 0) is 0 Å². The second-order valence-corrected chi connectivity index (χ2v) is 7.07. The molecule has 0 aliphatic rings. The minimum absolute atomic E-state index is 0.0212. The molecule has 0 saturated carbocycles. The van der Waals surface area contributed by atoms with Crippen LogP contribution < -0.4 is 16.1 Å². The van der Waals surface area contributed by atoms with Crippen molar-refractivity contribution in [1.82, 2.24) is 0 Å². The van der Waals surface area contributed by atoms with Gasteiger partial charge < -0.3 is 14.9 Å². The molecule has 4 rings (SSSR count). The van der Waals surface area contributed by atoms with Gasteiger partial charge in [0.05, 0.1) is 0 Å². The van der Waals surface area contributed by atoms with Gasteiger partial charge >= 0.3 is 11.6 Å². The molecular formula is C21H13BrN2O4. The summed E-state index contributed by atoms with van der Waals surface area (Å²) in [4.78, 5) is 24.7. The summed E-state index contributed by atoms with van der Waals surface area (Å²) in [6, 6.07) is 16.9. The Hall–Kier alpha value is -3.45. The minimum atomic E-state index is -0.796. The maximum absolute atomic E-state index is 12.5. The zero-order chi connectivity index (χ0) is 19.8. The van der Waals surface area contributed by atoms with Crippen molar-refractivity contribution >= 4 is 49.5 Å². The Balaban J connectivity index is 1.67. The van der Waals surface area contributed by atoms with E-state index in [9.17, 15) is 9.59 Å². The highest BCUT2D eigenvalue weighted by Gasteiger charge is 2.16. The van der Waals surface area contributed by atoms with E-state index < -0.39 is 11.6 Å². The van der Waals surface area contributed by atoms with Crippen molar-refractivity contribution in [1.29, 1.82) is 5.41 Å². The van der Waals surface area contributed by atoms with Crippen LogP contribution in [0, 0.1) is 5.41 Å². The molecule has 3 N–H and O–H groups in total. The van der Waals surface area contributed by atoms with Gasteiger partial charge in [-0.15, -0.1) is 0 Å². The Bertz CT molecular complexity index is 1330. The van der Waals surface area contributed by atoms with Crippen LogP contribution in [0.2, 0.25) is 0 Å². The van der Waals surface area contributed by atoms with Crippen molar-refractivity contribution in [3.8, 4) is 5.75 Å². The lowest BCUT2D eigenvalue weighted by Gasteiger charge is -2.07. The Morgan fingerprint density at radius 3 is 2.50 bits per heavy atom. The minimum Gasteiger partial charge on any atom is -0.423 e. The molecule has 0 atom stereocenters. The lowest BCUT2D eigenvalue weighted by Crippen LogP contribution is -2.18. The molecule has 1 heterocycles. The van der Waals surface area contributed by atoms with E-state index in [-0.39, 0.29) is 11.4 Å². The number of hydrogen-bond acceptors (Lipinski definition) is 5. The summed E-state index contributed by atoms with van der Waals surface area (Å²) in [6.45, 7) is 0. The number of amidine groups is 1. The monoisotopic (exact) mass is 436 g/mol. The average Bonchev–Trinajstić information content (AvgIpc) is 2.67. The first-order valence-electron chi connectivity index (χ1n) is 8.24. The van der Waals surface area contributed by atoms with Gasteiger partial charge in [-0.1, -0.05) is 34.1 Å². The normalized spacial score (nSPS) is 10.9. The van der Waals surface area contributed by atoms with Crippen molar-refractivity contribution < 1.29 is 13.9 Å². The van der Waals surface area contributed by atoms with Crippen LogP contribution in [0.25, 0.3) is 21.7 Å². The molecule has 0 radical (unpaired) electrons. The van der Waals surface area contributed by atoms with Gasteiger partial charge in [-0.3, -0.25) is 5.41 Å². The second kappa shape index (κ2) is 6.94. The third kappa shape index (κ3) is 3.39. The summed E-state index contributed by atoms with van der Waals surface area (Å²) in [5.41, 5.74) is 5.55. The molecule has 0 spiro atoms. The number of carbonyl (C=O) groups is 1. The molecule has 1 aromatic heterocycles. The molecule has 138 valence electrons. The predicted octanol–water partition coefficient (Wildman–Crippen LogP) is 4.21. The largest absolute Gasteiger partial charge is 0.423 e. The Morgan fingerprint density at radius 1 is 0.964 bits per heavy atom. The number of hydrogen-bond donors (Lipinski definition) is 2. The second-order valence-electron chi connectivity index (χ2n) is 6.16. The van der Waals surface area contributed by atoms with E-state index in [1.54, 1.807) is 54.6 Å². The Kier molecular flexibility index (Phi) is 4.44. The molecule has 4 aromatic rings. The molecule has 3 aromatic carbocycles. The molecule has 0 unspecified atom stereocenters. The van der Waals surface area contributed by atoms with Crippen LogP contribution >= 0.6 is 15.9 Å². The van der Waals surface area contributed by atoms with Gasteiger partial charge in [-0.2, -0.15) is 0 Å². The van der Waals surface area contributed by atoms with E-state index in [1.165, 1.54) is 6.07 Å². The molecule has 7 heteroatoms. The van der Waals surface area contributed by atoms with Gasteiger partial charge in [-0.05, 0) is 53.2 Å². The maximum atomic E-state index is 12.5. The lowest BCUT2D eigenvalue weighted by atomic mass is 10.1. The van der Waals surface area contributed by atoms with Gasteiger partial charge in [0.1, 0.15) is 22.7 Å². The molecule has 0 saturated heterocycles. The first kappa shape index (κ1) is 17.9. The zero-order valence-corrected chi connectivity index (χ0v) is 15.9. The van der Waals surface area contributed by atoms with Gasteiger partial charge in [0.2, 0.25) is 0 Å². The number of rotatable bonds is 3. The van der Waals surface area contributed by atoms with E-state index in [1.807, 2.05) is 0 Å². The first-order chi connectivity index (χ1) is 13.4. The SMILES string of the molecule is N=C(N)c1ccc2cc(OC(=O)c3cc4cc(Br)ccc4oc3=O)ccc2c1. The van der Waals surface area contributed by atoms with Crippen molar-refractivity contribution in [2.24, 2.45) is 5.73 Å². The molecule has 0 fully saturated rings. The average molecular weight is 437 g/mol. The van der Waals surface area contributed by atoms with E-state index in [4.69, 9.17) is 20.3 Å². The van der Waals surface area contributed by atoms with Crippen molar-refractivity contribution in [2.45, 2.75) is 0 Å². The fraction of sp³-hybridized carbons (Fsp3) is 0. The summed E-state index contributed by atoms with van der Waals surface area (Å²) >= 11 is 3.35. The number of esters is 1. The summed E-state index contributed by atoms with van der Waals surface area (Å²) in [6.07, 6.45) is 0. The van der Waals surface area contributed by atoms with Gasteiger partial charge in [0.15, 0.2) is 0 Å².